The summed E-state index contributed by atoms with van der Waals surface area (Å²) in [6.45, 7) is 3.45. The molecule has 0 spiro atoms. The molecule has 0 aliphatic heterocycles. The van der Waals surface area contributed by atoms with E-state index in [1.807, 2.05) is 0 Å². The van der Waals surface area contributed by atoms with Crippen LogP contribution in [0.3, 0.4) is 0 Å². The normalized spacial score (nSPS) is 13.9. The van der Waals surface area contributed by atoms with Crippen molar-refractivity contribution in [3.63, 3.8) is 0 Å². The van der Waals surface area contributed by atoms with Crippen LogP contribution < -0.4 is 0 Å². The van der Waals surface area contributed by atoms with E-state index in [0.717, 1.165) is 0 Å². The predicted octanol–water partition coefficient (Wildman–Crippen LogP) is 2.31. The van der Waals surface area contributed by atoms with Gasteiger partial charge in [0.1, 0.15) is 5.76 Å². The van der Waals surface area contributed by atoms with Crippen molar-refractivity contribution in [1.29, 1.82) is 0 Å². The topological polar surface area (TPSA) is 59.7 Å². The van der Waals surface area contributed by atoms with Gasteiger partial charge < -0.3 is 14.3 Å². The lowest BCUT2D eigenvalue weighted by molar-refractivity contribution is -0.153. The first-order valence-electron chi connectivity index (χ1n) is 4.41. The van der Waals surface area contributed by atoms with Gasteiger partial charge in [-0.05, 0) is 37.6 Å². The average Bonchev–Trinajstić information content (AvgIpc) is 2.52. The lowest BCUT2D eigenvalue weighted by Gasteiger charge is -2.27. The molecule has 0 aliphatic rings. The van der Waals surface area contributed by atoms with Gasteiger partial charge in [0.05, 0.1) is 5.41 Å². The quantitative estimate of drug-likeness (QED) is 0.866. The van der Waals surface area contributed by atoms with Gasteiger partial charge in [-0.2, -0.15) is 0 Å². The van der Waals surface area contributed by atoms with Gasteiger partial charge in [0.2, 0.25) is 0 Å². The molecule has 0 bridgehead atoms. The number of hydrogen-bond donors (Lipinski definition) is 1. The molecule has 84 valence electrons. The minimum atomic E-state index is -1.03. The fourth-order valence-corrected chi connectivity index (χ4v) is 1.64. The molecule has 1 rings (SSSR count). The Hall–Kier alpha value is -1.00. The van der Waals surface area contributed by atoms with Crippen molar-refractivity contribution in [2.24, 2.45) is 0 Å². The molecule has 4 nitrogen and oxygen atoms in total. The Kier molecular flexibility index (Phi) is 3.42. The third-order valence-electron chi connectivity index (χ3n) is 2.32. The average molecular weight is 233 g/mol. The van der Waals surface area contributed by atoms with Gasteiger partial charge in [-0.25, -0.2) is 4.79 Å². The van der Waals surface area contributed by atoms with Crippen molar-refractivity contribution in [2.75, 3.05) is 7.11 Å². The third-order valence-corrected chi connectivity index (χ3v) is 2.53. The SMILES string of the molecule is COC(C(=O)O)C(C)(C)c1ccc(Cl)o1. The summed E-state index contributed by atoms with van der Waals surface area (Å²) >= 11 is 5.64. The minimum Gasteiger partial charge on any atom is -0.479 e. The zero-order valence-electron chi connectivity index (χ0n) is 8.78. The zero-order valence-corrected chi connectivity index (χ0v) is 9.54. The molecule has 1 unspecified atom stereocenters. The van der Waals surface area contributed by atoms with Gasteiger partial charge in [-0.15, -0.1) is 0 Å². The molecule has 0 fully saturated rings. The molecule has 0 aromatic carbocycles. The number of halogens is 1. The molecule has 0 aliphatic carbocycles. The maximum absolute atomic E-state index is 11.0. The summed E-state index contributed by atoms with van der Waals surface area (Å²) in [6.07, 6.45) is -0.972. The van der Waals surface area contributed by atoms with Crippen molar-refractivity contribution in [2.45, 2.75) is 25.4 Å². The van der Waals surface area contributed by atoms with Crippen molar-refractivity contribution < 1.29 is 19.1 Å². The molecular formula is C10H13ClO4. The summed E-state index contributed by atoms with van der Waals surface area (Å²) in [7, 11) is 1.35. The molecule has 1 aromatic heterocycles. The maximum Gasteiger partial charge on any atom is 0.333 e. The van der Waals surface area contributed by atoms with Crippen LogP contribution in [0.15, 0.2) is 16.5 Å². The molecule has 0 radical (unpaired) electrons. The smallest absolute Gasteiger partial charge is 0.333 e. The summed E-state index contributed by atoms with van der Waals surface area (Å²) in [6, 6.07) is 3.23. The van der Waals surface area contributed by atoms with Crippen LogP contribution in [0, 0.1) is 0 Å². The number of carbonyl (C=O) groups is 1. The van der Waals surface area contributed by atoms with Crippen LogP contribution in [0.5, 0.6) is 0 Å². The van der Waals surface area contributed by atoms with Crippen LogP contribution in [0.2, 0.25) is 5.22 Å². The number of furan rings is 1. The molecule has 0 saturated carbocycles. The van der Waals surface area contributed by atoms with Crippen molar-refractivity contribution in [3.8, 4) is 0 Å². The van der Waals surface area contributed by atoms with Gasteiger partial charge in [-0.1, -0.05) is 0 Å². The van der Waals surface area contributed by atoms with Crippen LogP contribution in [0.4, 0.5) is 0 Å². The van der Waals surface area contributed by atoms with E-state index in [1.165, 1.54) is 7.11 Å². The van der Waals surface area contributed by atoms with Crippen molar-refractivity contribution in [3.05, 3.63) is 23.1 Å². The third kappa shape index (κ3) is 2.33. The predicted molar refractivity (Wildman–Crippen MR) is 55.2 cm³/mol. The molecule has 5 heteroatoms. The first kappa shape index (κ1) is 12.1. The van der Waals surface area contributed by atoms with Crippen LogP contribution in [0.1, 0.15) is 19.6 Å². The molecular weight excluding hydrogens is 220 g/mol. The number of rotatable bonds is 4. The number of carboxylic acids is 1. The van der Waals surface area contributed by atoms with E-state index >= 15 is 0 Å². The Labute approximate surface area is 92.8 Å². The minimum absolute atomic E-state index is 0.235. The number of hydrogen-bond acceptors (Lipinski definition) is 3. The molecule has 1 N–H and O–H groups in total. The van der Waals surface area contributed by atoms with E-state index in [0.29, 0.717) is 5.76 Å². The lowest BCUT2D eigenvalue weighted by Crippen LogP contribution is -2.41. The lowest BCUT2D eigenvalue weighted by atomic mass is 9.84. The van der Waals surface area contributed by atoms with Gasteiger partial charge in [0.25, 0.3) is 0 Å². The van der Waals surface area contributed by atoms with Crippen LogP contribution in [-0.2, 0) is 14.9 Å². The highest BCUT2D eigenvalue weighted by Crippen LogP contribution is 2.31. The highest BCUT2D eigenvalue weighted by atomic mass is 35.5. The van der Waals surface area contributed by atoms with E-state index in [4.69, 9.17) is 25.9 Å². The molecule has 1 heterocycles. The number of aliphatic carboxylic acids is 1. The van der Waals surface area contributed by atoms with Crippen LogP contribution in [-0.4, -0.2) is 24.3 Å². The molecule has 1 aromatic rings. The number of carboxylic acid groups (broad SMARTS) is 1. The molecule has 15 heavy (non-hydrogen) atoms. The van der Waals surface area contributed by atoms with E-state index in [9.17, 15) is 4.79 Å². The Morgan fingerprint density at radius 2 is 2.20 bits per heavy atom. The second-order valence-corrected chi connectivity index (χ2v) is 4.15. The highest BCUT2D eigenvalue weighted by molar-refractivity contribution is 6.28. The van der Waals surface area contributed by atoms with Gasteiger partial charge in [0, 0.05) is 7.11 Å². The van der Waals surface area contributed by atoms with Crippen molar-refractivity contribution >= 4 is 17.6 Å². The van der Waals surface area contributed by atoms with Gasteiger partial charge >= 0.3 is 5.97 Å². The fraction of sp³-hybridized carbons (Fsp3) is 0.500. The van der Waals surface area contributed by atoms with Gasteiger partial charge in [-0.3, -0.25) is 0 Å². The summed E-state index contributed by atoms with van der Waals surface area (Å²) in [5, 5.41) is 9.21. The zero-order chi connectivity index (χ0) is 11.6. The monoisotopic (exact) mass is 232 g/mol. The number of methoxy groups -OCH3 is 1. The number of ether oxygens (including phenoxy) is 1. The second kappa shape index (κ2) is 4.24. The van der Waals surface area contributed by atoms with Crippen LogP contribution >= 0.6 is 11.6 Å². The Bertz CT molecular complexity index is 356. The maximum atomic E-state index is 11.0. The van der Waals surface area contributed by atoms with E-state index in [2.05, 4.69) is 0 Å². The molecule has 0 saturated heterocycles. The van der Waals surface area contributed by atoms with E-state index < -0.39 is 17.5 Å². The standard InChI is InChI=1S/C10H13ClO4/c1-10(2,8(14-3)9(12)13)6-4-5-7(11)15-6/h4-5,8H,1-3H3,(H,12,13). The Balaban J connectivity index is 3.04. The Morgan fingerprint density at radius 3 is 2.53 bits per heavy atom. The van der Waals surface area contributed by atoms with Crippen LogP contribution in [0.25, 0.3) is 0 Å². The summed E-state index contributed by atoms with van der Waals surface area (Å²) < 4.78 is 10.1. The Morgan fingerprint density at radius 1 is 1.60 bits per heavy atom. The second-order valence-electron chi connectivity index (χ2n) is 3.78. The van der Waals surface area contributed by atoms with Gasteiger partial charge in [0.15, 0.2) is 11.3 Å². The largest absolute Gasteiger partial charge is 0.479 e. The van der Waals surface area contributed by atoms with Crippen molar-refractivity contribution in [1.82, 2.24) is 0 Å². The fourth-order valence-electron chi connectivity index (χ4n) is 1.49. The first-order chi connectivity index (χ1) is 6.89. The molecule has 1 atom stereocenters. The first-order valence-corrected chi connectivity index (χ1v) is 4.78. The summed E-state index contributed by atoms with van der Waals surface area (Å²) in [5.74, 6) is -0.545. The molecule has 0 amide bonds. The highest BCUT2D eigenvalue weighted by Gasteiger charge is 2.39. The summed E-state index contributed by atoms with van der Waals surface area (Å²) in [5.41, 5.74) is -0.770. The van der Waals surface area contributed by atoms with E-state index in [1.54, 1.807) is 26.0 Å². The van der Waals surface area contributed by atoms with E-state index in [-0.39, 0.29) is 5.22 Å². The summed E-state index contributed by atoms with van der Waals surface area (Å²) in [4.78, 5) is 11.0.